The van der Waals surface area contributed by atoms with Gasteiger partial charge in [0.05, 0.1) is 19.8 Å². The summed E-state index contributed by atoms with van der Waals surface area (Å²) in [6, 6.07) is 34.0. The Balaban J connectivity index is 1.65. The van der Waals surface area contributed by atoms with Gasteiger partial charge in [0.25, 0.3) is 0 Å². The number of methoxy groups -OCH3 is 2. The van der Waals surface area contributed by atoms with Crippen LogP contribution < -0.4 is 10.1 Å². The molecule has 4 heteroatoms. The molecule has 1 unspecified atom stereocenters. The lowest BCUT2D eigenvalue weighted by atomic mass is 9.80. The molecule has 0 aromatic heterocycles. The lowest BCUT2D eigenvalue weighted by molar-refractivity contribution is -0.142. The minimum atomic E-state index is -0.725. The maximum absolute atomic E-state index is 13.1. The maximum Gasteiger partial charge on any atom is 0.326 e. The highest BCUT2D eigenvalue weighted by Crippen LogP contribution is 2.51. The summed E-state index contributed by atoms with van der Waals surface area (Å²) in [6.45, 7) is 0. The van der Waals surface area contributed by atoms with Crippen LogP contribution in [0.25, 0.3) is 17.2 Å². The fourth-order valence-corrected chi connectivity index (χ4v) is 4.94. The lowest BCUT2D eigenvalue weighted by Crippen LogP contribution is -2.51. The van der Waals surface area contributed by atoms with Gasteiger partial charge < -0.3 is 9.47 Å². The van der Waals surface area contributed by atoms with Gasteiger partial charge in [0.1, 0.15) is 11.8 Å². The zero-order chi connectivity index (χ0) is 24.3. The van der Waals surface area contributed by atoms with Gasteiger partial charge in [-0.3, -0.25) is 10.1 Å². The van der Waals surface area contributed by atoms with Crippen molar-refractivity contribution in [2.24, 2.45) is 0 Å². The topological polar surface area (TPSA) is 47.6 Å². The molecule has 0 fully saturated rings. The molecular formula is C31H27NO3. The van der Waals surface area contributed by atoms with Gasteiger partial charge in [0, 0.05) is 0 Å². The first-order valence-corrected chi connectivity index (χ1v) is 11.6. The fraction of sp³-hybridized carbons (Fsp3) is 0.129. The number of carbonyl (C=O) groups is 1. The summed E-state index contributed by atoms with van der Waals surface area (Å²) >= 11 is 0. The highest BCUT2D eigenvalue weighted by Gasteiger charge is 2.46. The summed E-state index contributed by atoms with van der Waals surface area (Å²) in [7, 11) is 3.06. The molecule has 0 saturated heterocycles. The fourth-order valence-electron chi connectivity index (χ4n) is 4.94. The summed E-state index contributed by atoms with van der Waals surface area (Å²) in [5.41, 5.74) is 5.83. The second-order valence-electron chi connectivity index (χ2n) is 8.48. The number of hydrogen-bond donors (Lipinski definition) is 1. The summed E-state index contributed by atoms with van der Waals surface area (Å²) < 4.78 is 10.5. The monoisotopic (exact) mass is 461 g/mol. The largest absolute Gasteiger partial charge is 0.497 e. The van der Waals surface area contributed by atoms with E-state index >= 15 is 0 Å². The standard InChI is InChI=1S/C31H27NO3/c1-34-24-19-16-22(17-20-24)18-21-29(30(33)35-2)32-31(23-10-4-3-5-11-23)27-14-8-6-12-25(27)26-13-7-9-15-28(26)31/h3-21,29,32H,1-2H3/b21-18+. The average Bonchev–Trinajstić information content (AvgIpc) is 3.22. The quantitative estimate of drug-likeness (QED) is 0.353. The molecule has 1 N–H and O–H groups in total. The predicted molar refractivity (Wildman–Crippen MR) is 139 cm³/mol. The van der Waals surface area contributed by atoms with E-state index in [2.05, 4.69) is 53.8 Å². The van der Waals surface area contributed by atoms with Gasteiger partial charge in [-0.05, 0) is 45.5 Å². The Kier molecular flexibility index (Phi) is 6.21. The number of benzene rings is 4. The van der Waals surface area contributed by atoms with E-state index in [1.165, 1.54) is 7.11 Å². The van der Waals surface area contributed by atoms with E-state index in [9.17, 15) is 4.79 Å². The molecule has 0 spiro atoms. The summed E-state index contributed by atoms with van der Waals surface area (Å²) in [6.07, 6.45) is 3.79. The average molecular weight is 462 g/mol. The summed E-state index contributed by atoms with van der Waals surface area (Å²) in [4.78, 5) is 13.1. The van der Waals surface area contributed by atoms with Crippen LogP contribution in [0.3, 0.4) is 0 Å². The summed E-state index contributed by atoms with van der Waals surface area (Å²) in [5, 5.41) is 3.72. The van der Waals surface area contributed by atoms with Crippen molar-refractivity contribution in [3.05, 3.63) is 131 Å². The minimum Gasteiger partial charge on any atom is -0.497 e. The molecule has 4 aromatic carbocycles. The summed E-state index contributed by atoms with van der Waals surface area (Å²) in [5.74, 6) is 0.430. The van der Waals surface area contributed by atoms with Gasteiger partial charge in [-0.15, -0.1) is 0 Å². The van der Waals surface area contributed by atoms with Crippen LogP contribution in [0.4, 0.5) is 0 Å². The van der Waals surface area contributed by atoms with E-state index in [-0.39, 0.29) is 5.97 Å². The van der Waals surface area contributed by atoms with Crippen molar-refractivity contribution in [1.29, 1.82) is 0 Å². The van der Waals surface area contributed by atoms with E-state index in [0.717, 1.165) is 39.1 Å². The van der Waals surface area contributed by atoms with E-state index in [0.29, 0.717) is 0 Å². The van der Waals surface area contributed by atoms with Crippen molar-refractivity contribution in [2.45, 2.75) is 11.6 Å². The molecule has 1 aliphatic carbocycles. The van der Waals surface area contributed by atoms with Crippen LogP contribution in [0.15, 0.2) is 109 Å². The third-order valence-electron chi connectivity index (χ3n) is 6.58. The van der Waals surface area contributed by atoms with Crippen LogP contribution in [-0.4, -0.2) is 26.2 Å². The molecule has 0 aliphatic heterocycles. The number of nitrogens with one attached hydrogen (secondary N) is 1. The van der Waals surface area contributed by atoms with Gasteiger partial charge in [-0.1, -0.05) is 103 Å². The Morgan fingerprint density at radius 1 is 0.771 bits per heavy atom. The first-order valence-electron chi connectivity index (χ1n) is 11.6. The van der Waals surface area contributed by atoms with Crippen molar-refractivity contribution in [3.63, 3.8) is 0 Å². The molecule has 1 atom stereocenters. The highest BCUT2D eigenvalue weighted by molar-refractivity contribution is 5.85. The van der Waals surface area contributed by atoms with Crippen LogP contribution in [0.1, 0.15) is 22.3 Å². The Morgan fingerprint density at radius 2 is 1.34 bits per heavy atom. The number of carbonyl (C=O) groups excluding carboxylic acids is 1. The number of fused-ring (bicyclic) bond motifs is 3. The molecule has 174 valence electrons. The van der Waals surface area contributed by atoms with Crippen molar-refractivity contribution in [1.82, 2.24) is 5.32 Å². The Bertz CT molecular complexity index is 1310. The molecule has 4 nitrogen and oxygen atoms in total. The normalized spacial score (nSPS) is 14.2. The van der Waals surface area contributed by atoms with E-state index in [4.69, 9.17) is 9.47 Å². The van der Waals surface area contributed by atoms with Gasteiger partial charge in [0.2, 0.25) is 0 Å². The third-order valence-corrected chi connectivity index (χ3v) is 6.58. The second kappa shape index (κ2) is 9.61. The number of esters is 1. The maximum atomic E-state index is 13.1. The Hall–Kier alpha value is -4.15. The number of rotatable bonds is 7. The van der Waals surface area contributed by atoms with Crippen molar-refractivity contribution < 1.29 is 14.3 Å². The predicted octanol–water partition coefficient (Wildman–Crippen LogP) is 5.81. The van der Waals surface area contributed by atoms with E-state index < -0.39 is 11.6 Å². The first kappa shape index (κ1) is 22.6. The number of ether oxygens (including phenoxy) is 2. The van der Waals surface area contributed by atoms with Crippen LogP contribution in [0.5, 0.6) is 5.75 Å². The SMILES string of the molecule is COC(=O)C(/C=C/c1ccc(OC)cc1)NC1(c2ccccc2)c2ccccc2-c2ccccc21. The zero-order valence-corrected chi connectivity index (χ0v) is 19.8. The van der Waals surface area contributed by atoms with Crippen LogP contribution in [-0.2, 0) is 15.1 Å². The molecular weight excluding hydrogens is 434 g/mol. The lowest BCUT2D eigenvalue weighted by Gasteiger charge is -2.36. The van der Waals surface area contributed by atoms with Gasteiger partial charge in [-0.2, -0.15) is 0 Å². The molecule has 4 aromatic rings. The second-order valence-corrected chi connectivity index (χ2v) is 8.48. The molecule has 35 heavy (non-hydrogen) atoms. The zero-order valence-electron chi connectivity index (χ0n) is 19.8. The Labute approximate surface area is 205 Å². The van der Waals surface area contributed by atoms with Gasteiger partial charge >= 0.3 is 5.97 Å². The molecule has 0 radical (unpaired) electrons. The van der Waals surface area contributed by atoms with Crippen molar-refractivity contribution >= 4 is 12.0 Å². The van der Waals surface area contributed by atoms with Crippen LogP contribution in [0, 0.1) is 0 Å². The third kappa shape index (κ3) is 4.02. The van der Waals surface area contributed by atoms with Gasteiger partial charge in [-0.25, -0.2) is 0 Å². The molecule has 0 amide bonds. The van der Waals surface area contributed by atoms with Crippen LogP contribution in [0.2, 0.25) is 0 Å². The Morgan fingerprint density at radius 3 is 1.91 bits per heavy atom. The molecule has 5 rings (SSSR count). The van der Waals surface area contributed by atoms with E-state index in [1.54, 1.807) is 7.11 Å². The number of hydrogen-bond acceptors (Lipinski definition) is 4. The minimum absolute atomic E-state index is 0.355. The van der Waals surface area contributed by atoms with Gasteiger partial charge in [0.15, 0.2) is 0 Å². The van der Waals surface area contributed by atoms with Crippen molar-refractivity contribution in [3.8, 4) is 16.9 Å². The molecule has 0 heterocycles. The first-order chi connectivity index (χ1) is 17.2. The van der Waals surface area contributed by atoms with Crippen molar-refractivity contribution in [2.75, 3.05) is 14.2 Å². The molecule has 0 saturated carbocycles. The smallest absolute Gasteiger partial charge is 0.326 e. The van der Waals surface area contributed by atoms with E-state index in [1.807, 2.05) is 66.7 Å². The molecule has 1 aliphatic rings. The highest BCUT2D eigenvalue weighted by atomic mass is 16.5. The molecule has 0 bridgehead atoms. The van der Waals surface area contributed by atoms with Crippen LogP contribution >= 0.6 is 0 Å².